The van der Waals surface area contributed by atoms with Gasteiger partial charge in [0.15, 0.2) is 5.78 Å². The number of nitrogens with zero attached hydrogens (tertiary/aromatic N) is 3. The van der Waals surface area contributed by atoms with Gasteiger partial charge in [0.25, 0.3) is 5.69 Å². The molecule has 0 N–H and O–H groups in total. The highest BCUT2D eigenvalue weighted by Gasteiger charge is 2.41. The molecule has 2 aromatic carbocycles. The fourth-order valence-electron chi connectivity index (χ4n) is 5.16. The summed E-state index contributed by atoms with van der Waals surface area (Å²) in [5.41, 5.74) is 1.33. The normalized spacial score (nSPS) is 19.9. The highest BCUT2D eigenvalue weighted by atomic mass is 35.5. The van der Waals surface area contributed by atoms with Crippen molar-refractivity contribution < 1.29 is 9.72 Å². The van der Waals surface area contributed by atoms with Gasteiger partial charge in [0, 0.05) is 22.2 Å². The molecule has 0 aliphatic carbocycles. The molecular formula is C25H30ClN3O3. The van der Waals surface area contributed by atoms with Crippen LogP contribution in [0.3, 0.4) is 0 Å². The number of carbonyl (C=O) groups is 1. The van der Waals surface area contributed by atoms with Crippen molar-refractivity contribution in [2.45, 2.75) is 50.6 Å². The first kappa shape index (κ1) is 22.9. The van der Waals surface area contributed by atoms with Crippen LogP contribution in [0.25, 0.3) is 0 Å². The second kappa shape index (κ2) is 10.6. The monoisotopic (exact) mass is 455 g/mol. The first-order valence-corrected chi connectivity index (χ1v) is 12.0. The van der Waals surface area contributed by atoms with E-state index in [4.69, 9.17) is 11.6 Å². The van der Waals surface area contributed by atoms with Crippen LogP contribution in [-0.2, 0) is 0 Å². The minimum atomic E-state index is -0.476. The van der Waals surface area contributed by atoms with E-state index in [0.717, 1.165) is 64.7 Å². The van der Waals surface area contributed by atoms with E-state index < -0.39 is 6.04 Å². The number of likely N-dealkylation sites (tertiary alicyclic amines) is 2. The zero-order chi connectivity index (χ0) is 22.5. The van der Waals surface area contributed by atoms with E-state index in [2.05, 4.69) is 9.80 Å². The van der Waals surface area contributed by atoms with Crippen molar-refractivity contribution >= 4 is 23.1 Å². The van der Waals surface area contributed by atoms with Gasteiger partial charge in [0.2, 0.25) is 0 Å². The van der Waals surface area contributed by atoms with E-state index in [1.54, 1.807) is 36.4 Å². The average Bonchev–Trinajstić information content (AvgIpc) is 2.83. The third kappa shape index (κ3) is 5.03. The number of para-hydroxylation sites is 1. The Balaban J connectivity index is 1.83. The molecule has 2 heterocycles. The molecule has 170 valence electrons. The molecule has 2 saturated heterocycles. The van der Waals surface area contributed by atoms with Crippen LogP contribution in [0.4, 0.5) is 5.69 Å². The average molecular weight is 456 g/mol. The zero-order valence-electron chi connectivity index (χ0n) is 18.3. The minimum absolute atomic E-state index is 0.0114. The first-order valence-electron chi connectivity index (χ1n) is 11.6. The second-order valence-corrected chi connectivity index (χ2v) is 9.21. The maximum atomic E-state index is 14.0. The van der Waals surface area contributed by atoms with Crippen LogP contribution in [-0.4, -0.2) is 52.7 Å². The van der Waals surface area contributed by atoms with Crippen molar-refractivity contribution in [2.75, 3.05) is 26.2 Å². The van der Waals surface area contributed by atoms with Crippen LogP contribution >= 0.6 is 11.6 Å². The van der Waals surface area contributed by atoms with Gasteiger partial charge < -0.3 is 0 Å². The van der Waals surface area contributed by atoms with Crippen molar-refractivity contribution in [1.29, 1.82) is 0 Å². The standard InChI is InChI=1S/C25H30ClN3O3/c26-20-13-11-19(12-14-20)25(30)24(28-17-7-2-8-18-28)23(27-15-5-1-6-16-27)21-9-3-4-10-22(21)29(31)32/h3-4,9-14,23-24H,1-2,5-8,15-18H2/t23-,24+/m0/s1. The van der Waals surface area contributed by atoms with Gasteiger partial charge in [0.05, 0.1) is 17.0 Å². The van der Waals surface area contributed by atoms with Crippen molar-refractivity contribution in [3.8, 4) is 0 Å². The van der Waals surface area contributed by atoms with Gasteiger partial charge in [-0.15, -0.1) is 0 Å². The lowest BCUT2D eigenvalue weighted by atomic mass is 9.87. The lowest BCUT2D eigenvalue weighted by Gasteiger charge is -2.44. The number of piperidine rings is 2. The third-order valence-corrected chi connectivity index (χ3v) is 6.97. The lowest BCUT2D eigenvalue weighted by molar-refractivity contribution is -0.386. The van der Waals surface area contributed by atoms with Crippen LogP contribution in [0.2, 0.25) is 5.02 Å². The highest BCUT2D eigenvalue weighted by molar-refractivity contribution is 6.30. The van der Waals surface area contributed by atoms with E-state index in [0.29, 0.717) is 16.1 Å². The summed E-state index contributed by atoms with van der Waals surface area (Å²) in [5, 5.41) is 12.5. The molecule has 7 heteroatoms. The van der Waals surface area contributed by atoms with Gasteiger partial charge in [-0.3, -0.25) is 24.7 Å². The van der Waals surface area contributed by atoms with Gasteiger partial charge in [-0.25, -0.2) is 0 Å². The number of ketones is 1. The molecular weight excluding hydrogens is 426 g/mol. The summed E-state index contributed by atoms with van der Waals surface area (Å²) in [6, 6.07) is 13.1. The molecule has 6 nitrogen and oxygen atoms in total. The van der Waals surface area contributed by atoms with Gasteiger partial charge in [-0.2, -0.15) is 0 Å². The Bertz CT molecular complexity index is 938. The Kier molecular flexibility index (Phi) is 7.55. The number of hydrogen-bond donors (Lipinski definition) is 0. The van der Waals surface area contributed by atoms with Crippen LogP contribution < -0.4 is 0 Å². The predicted octanol–water partition coefficient (Wildman–Crippen LogP) is 5.51. The molecule has 2 aliphatic heterocycles. The third-order valence-electron chi connectivity index (χ3n) is 6.72. The van der Waals surface area contributed by atoms with Crippen LogP contribution in [0.15, 0.2) is 48.5 Å². The Morgan fingerprint density at radius 3 is 2.00 bits per heavy atom. The summed E-state index contributed by atoms with van der Waals surface area (Å²) < 4.78 is 0. The Morgan fingerprint density at radius 1 is 0.844 bits per heavy atom. The number of nitro benzene ring substituents is 1. The molecule has 0 aromatic heterocycles. The number of nitro groups is 1. The van der Waals surface area contributed by atoms with Gasteiger partial charge in [-0.05, 0) is 76.1 Å². The summed E-state index contributed by atoms with van der Waals surface area (Å²) in [6.07, 6.45) is 6.46. The number of hydrogen-bond acceptors (Lipinski definition) is 5. The van der Waals surface area contributed by atoms with Crippen molar-refractivity contribution in [3.05, 3.63) is 74.8 Å². The molecule has 2 aromatic rings. The summed E-state index contributed by atoms with van der Waals surface area (Å²) in [6.45, 7) is 3.34. The smallest absolute Gasteiger partial charge is 0.274 e. The molecule has 32 heavy (non-hydrogen) atoms. The number of carbonyl (C=O) groups excluding carboxylic acids is 1. The van der Waals surface area contributed by atoms with Crippen molar-refractivity contribution in [3.63, 3.8) is 0 Å². The molecule has 0 saturated carbocycles. The largest absolute Gasteiger partial charge is 0.294 e. The SMILES string of the molecule is O=C(c1ccc(Cl)cc1)[C@@H]([C@H](c1ccccc1[N+](=O)[O-])N1CCCCC1)N1CCCCC1. The van der Waals surface area contributed by atoms with E-state index in [1.165, 1.54) is 0 Å². The van der Waals surface area contributed by atoms with E-state index in [9.17, 15) is 14.9 Å². The molecule has 0 radical (unpaired) electrons. The predicted molar refractivity (Wildman–Crippen MR) is 126 cm³/mol. The fraction of sp³-hybridized carbons (Fsp3) is 0.480. The molecule has 0 unspecified atom stereocenters. The van der Waals surface area contributed by atoms with Crippen LogP contribution in [0.5, 0.6) is 0 Å². The number of rotatable bonds is 7. The Labute approximate surface area is 194 Å². The summed E-state index contributed by atoms with van der Waals surface area (Å²) in [4.78, 5) is 30.2. The second-order valence-electron chi connectivity index (χ2n) is 8.77. The summed E-state index contributed by atoms with van der Waals surface area (Å²) in [5.74, 6) is 0.0114. The Hall–Kier alpha value is -2.28. The molecule has 0 spiro atoms. The fourth-order valence-corrected chi connectivity index (χ4v) is 5.28. The molecule has 0 bridgehead atoms. The van der Waals surface area contributed by atoms with Gasteiger partial charge in [-0.1, -0.05) is 42.6 Å². The maximum absolute atomic E-state index is 14.0. The minimum Gasteiger partial charge on any atom is -0.294 e. The number of halogens is 1. The quantitative estimate of drug-likeness (QED) is 0.312. The van der Waals surface area contributed by atoms with Gasteiger partial charge in [0.1, 0.15) is 0 Å². The van der Waals surface area contributed by atoms with E-state index in [1.807, 2.05) is 12.1 Å². The first-order chi connectivity index (χ1) is 15.6. The lowest BCUT2D eigenvalue weighted by Crippen LogP contribution is -2.53. The van der Waals surface area contributed by atoms with Crippen molar-refractivity contribution in [1.82, 2.24) is 9.80 Å². The Morgan fingerprint density at radius 2 is 1.41 bits per heavy atom. The van der Waals surface area contributed by atoms with Crippen LogP contribution in [0.1, 0.15) is 60.5 Å². The molecule has 0 amide bonds. The maximum Gasteiger partial charge on any atom is 0.274 e. The van der Waals surface area contributed by atoms with E-state index >= 15 is 0 Å². The molecule has 2 atom stereocenters. The van der Waals surface area contributed by atoms with E-state index in [-0.39, 0.29) is 22.4 Å². The van der Waals surface area contributed by atoms with Crippen molar-refractivity contribution in [2.24, 2.45) is 0 Å². The zero-order valence-corrected chi connectivity index (χ0v) is 19.0. The van der Waals surface area contributed by atoms with Gasteiger partial charge >= 0.3 is 0 Å². The summed E-state index contributed by atoms with van der Waals surface area (Å²) >= 11 is 6.08. The molecule has 2 aliphatic rings. The highest BCUT2D eigenvalue weighted by Crippen LogP contribution is 2.37. The summed E-state index contributed by atoms with van der Waals surface area (Å²) in [7, 11) is 0. The molecule has 4 rings (SSSR count). The molecule has 2 fully saturated rings. The number of Topliss-reactive ketones (excluding diaryl/α,β-unsaturated/α-hetero) is 1. The topological polar surface area (TPSA) is 66.7 Å². The van der Waals surface area contributed by atoms with Crippen LogP contribution in [0, 0.1) is 10.1 Å². The number of benzene rings is 2.